The molecule has 0 radical (unpaired) electrons. The summed E-state index contributed by atoms with van der Waals surface area (Å²) in [5, 5.41) is 49.8. The Bertz CT molecular complexity index is 1210. The summed E-state index contributed by atoms with van der Waals surface area (Å²) in [4.78, 5) is 39.3. The van der Waals surface area contributed by atoms with Gasteiger partial charge in [-0.2, -0.15) is 13.2 Å². The van der Waals surface area contributed by atoms with Gasteiger partial charge in [-0.1, -0.05) is 6.07 Å². The lowest BCUT2D eigenvalue weighted by Crippen LogP contribution is -2.81. The van der Waals surface area contributed by atoms with Gasteiger partial charge in [0.15, 0.2) is 17.6 Å². The minimum atomic E-state index is -4.69. The maximum absolute atomic E-state index is 13.1. The van der Waals surface area contributed by atoms with Crippen LogP contribution in [-0.4, -0.2) is 92.3 Å². The monoisotopic (exact) mass is 524 g/mol. The van der Waals surface area contributed by atoms with Crippen molar-refractivity contribution in [3.05, 3.63) is 35.4 Å². The van der Waals surface area contributed by atoms with Crippen LogP contribution in [0, 0.1) is 10.8 Å². The molecule has 4 aliphatic rings. The molecule has 3 unspecified atom stereocenters. The Morgan fingerprint density at radius 3 is 2.49 bits per heavy atom. The summed E-state index contributed by atoms with van der Waals surface area (Å²) in [5.41, 5.74) is -3.42. The molecule has 4 aliphatic heterocycles. The molecule has 37 heavy (non-hydrogen) atoms. The van der Waals surface area contributed by atoms with Gasteiger partial charge in [0.05, 0.1) is 24.2 Å². The molecule has 3 amide bonds. The number of carbonyl (C=O) groups excluding carboxylic acids is 3. The molecule has 0 aromatic heterocycles. The lowest BCUT2D eigenvalue weighted by Gasteiger charge is -2.51. The van der Waals surface area contributed by atoms with Crippen molar-refractivity contribution in [1.82, 2.24) is 31.1 Å². The van der Waals surface area contributed by atoms with E-state index in [1.807, 2.05) is 0 Å². The number of amides is 3. The molecule has 0 saturated carbocycles. The first-order valence-electron chi connectivity index (χ1n) is 11.3. The van der Waals surface area contributed by atoms with Gasteiger partial charge >= 0.3 is 6.18 Å². The second-order valence-corrected chi connectivity index (χ2v) is 9.33. The number of benzene rings is 1. The molecule has 1 aromatic carbocycles. The highest BCUT2D eigenvalue weighted by atomic mass is 19.4. The molecule has 1 aromatic rings. The lowest BCUT2D eigenvalue weighted by atomic mass is 9.84. The molecule has 4 saturated heterocycles. The standard InChI is InChI=1S/C21H23F3N8O5/c22-21(23,24)10-3-1-2-9(6-10)16(35)28-12-8-32-18(26)27-11(7-31-13(33)4-5-14(31)34)15-19(32,20(12,36)37)30-17(25)29-15/h1-3,6,11-12,15,36-37H,4-5,7-8H2,(H2,26,27)(H,28,35)(H3,25,29,30)/t11?,12-,15?,19?/m0/s1. The van der Waals surface area contributed by atoms with Gasteiger partial charge in [0.1, 0.15) is 6.04 Å². The Balaban J connectivity index is 1.44. The van der Waals surface area contributed by atoms with Crippen molar-refractivity contribution in [2.45, 2.75) is 48.6 Å². The van der Waals surface area contributed by atoms with Crippen LogP contribution in [0.15, 0.2) is 24.3 Å². The third-order valence-electron chi connectivity index (χ3n) is 7.19. The highest BCUT2D eigenvalue weighted by Crippen LogP contribution is 2.43. The third kappa shape index (κ3) is 3.66. The summed E-state index contributed by atoms with van der Waals surface area (Å²) in [6, 6.07) is 0.0741. The zero-order valence-corrected chi connectivity index (χ0v) is 19.0. The van der Waals surface area contributed by atoms with Gasteiger partial charge in [-0.15, -0.1) is 0 Å². The molecule has 13 nitrogen and oxygen atoms in total. The number of rotatable bonds is 4. The van der Waals surface area contributed by atoms with Crippen LogP contribution < -0.4 is 21.3 Å². The van der Waals surface area contributed by atoms with Crippen molar-refractivity contribution in [2.75, 3.05) is 13.1 Å². The predicted molar refractivity (Wildman–Crippen MR) is 118 cm³/mol. The zero-order chi connectivity index (χ0) is 26.9. The molecule has 4 atom stereocenters. The molecule has 1 spiro atoms. The summed E-state index contributed by atoms with van der Waals surface area (Å²) >= 11 is 0. The van der Waals surface area contributed by atoms with Crippen LogP contribution in [-0.2, 0) is 15.8 Å². The SMILES string of the molecule is N=C1NC2C(CN3C(=O)CCC3=O)NC(=N)N3C[C@H](NC(=O)c4cccc(C(F)(F)F)c4)C(O)(O)C23N1. The molecule has 198 valence electrons. The number of nitrogens with one attached hydrogen (secondary N) is 6. The largest absolute Gasteiger partial charge is 0.416 e. The molecule has 8 N–H and O–H groups in total. The molecule has 5 rings (SSSR count). The van der Waals surface area contributed by atoms with Crippen molar-refractivity contribution < 1.29 is 37.8 Å². The molecule has 4 fully saturated rings. The topological polar surface area (TPSA) is 194 Å². The van der Waals surface area contributed by atoms with E-state index >= 15 is 0 Å². The summed E-state index contributed by atoms with van der Waals surface area (Å²) in [7, 11) is 0. The highest BCUT2D eigenvalue weighted by molar-refractivity contribution is 6.02. The molecule has 16 heteroatoms. The van der Waals surface area contributed by atoms with Gasteiger partial charge in [-0.05, 0) is 18.2 Å². The first-order chi connectivity index (χ1) is 17.3. The predicted octanol–water partition coefficient (Wildman–Crippen LogP) is -1.95. The normalized spacial score (nSPS) is 30.5. The van der Waals surface area contributed by atoms with Gasteiger partial charge in [-0.25, -0.2) is 0 Å². The fourth-order valence-electron chi connectivity index (χ4n) is 5.43. The van der Waals surface area contributed by atoms with E-state index in [-0.39, 0.29) is 43.4 Å². The van der Waals surface area contributed by atoms with E-state index in [4.69, 9.17) is 10.8 Å². The second-order valence-electron chi connectivity index (χ2n) is 9.33. The minimum Gasteiger partial charge on any atom is -0.361 e. The Hall–Kier alpha value is -3.92. The van der Waals surface area contributed by atoms with Gasteiger partial charge in [0, 0.05) is 24.9 Å². The fourth-order valence-corrected chi connectivity index (χ4v) is 5.43. The van der Waals surface area contributed by atoms with Crippen molar-refractivity contribution in [1.29, 1.82) is 10.8 Å². The van der Waals surface area contributed by atoms with Crippen LogP contribution in [0.25, 0.3) is 0 Å². The average molecular weight is 524 g/mol. The van der Waals surface area contributed by atoms with Crippen LogP contribution in [0.2, 0.25) is 0 Å². The van der Waals surface area contributed by atoms with E-state index in [1.54, 1.807) is 0 Å². The number of guanidine groups is 2. The highest BCUT2D eigenvalue weighted by Gasteiger charge is 2.74. The van der Waals surface area contributed by atoms with Crippen molar-refractivity contribution >= 4 is 29.6 Å². The van der Waals surface area contributed by atoms with E-state index < -0.39 is 59.0 Å². The minimum absolute atomic E-state index is 0.0278. The van der Waals surface area contributed by atoms with Crippen LogP contribution in [0.1, 0.15) is 28.8 Å². The average Bonchev–Trinajstić information content (AvgIpc) is 3.41. The van der Waals surface area contributed by atoms with Crippen molar-refractivity contribution in [2.24, 2.45) is 0 Å². The number of aliphatic hydroxyl groups is 2. The number of hydrogen-bond donors (Lipinski definition) is 8. The smallest absolute Gasteiger partial charge is 0.361 e. The first kappa shape index (κ1) is 24.8. The number of halogens is 3. The Morgan fingerprint density at radius 1 is 1.16 bits per heavy atom. The van der Waals surface area contributed by atoms with E-state index in [1.165, 1.54) is 4.90 Å². The lowest BCUT2D eigenvalue weighted by molar-refractivity contribution is -0.232. The van der Waals surface area contributed by atoms with Crippen LogP contribution in [0.3, 0.4) is 0 Å². The maximum Gasteiger partial charge on any atom is 0.416 e. The van der Waals surface area contributed by atoms with Gasteiger partial charge in [0.2, 0.25) is 17.6 Å². The van der Waals surface area contributed by atoms with E-state index in [0.717, 1.165) is 23.1 Å². The summed E-state index contributed by atoms with van der Waals surface area (Å²) in [6.07, 6.45) is -4.64. The third-order valence-corrected chi connectivity index (χ3v) is 7.19. The number of nitrogens with zero attached hydrogens (tertiary/aromatic N) is 2. The van der Waals surface area contributed by atoms with Crippen molar-refractivity contribution in [3.63, 3.8) is 0 Å². The zero-order valence-electron chi connectivity index (χ0n) is 19.0. The van der Waals surface area contributed by atoms with Gasteiger partial charge in [-0.3, -0.25) is 30.1 Å². The summed E-state index contributed by atoms with van der Waals surface area (Å²) in [5.74, 6) is -5.40. The number of hydrogen-bond acceptors (Lipinski definition) is 7. The molecular weight excluding hydrogens is 501 g/mol. The molecule has 0 bridgehead atoms. The van der Waals surface area contributed by atoms with E-state index in [9.17, 15) is 37.8 Å². The Labute approximate surface area is 207 Å². The number of likely N-dealkylation sites (tertiary alicyclic amines) is 1. The Kier molecular flexibility index (Phi) is 5.38. The quantitative estimate of drug-likeness (QED) is 0.163. The molecular formula is C21H23F3N8O5. The first-order valence-corrected chi connectivity index (χ1v) is 11.3. The van der Waals surface area contributed by atoms with Crippen LogP contribution in [0.5, 0.6) is 0 Å². The second kappa shape index (κ2) is 8.04. The molecule has 4 heterocycles. The van der Waals surface area contributed by atoms with Gasteiger partial charge in [0.25, 0.3) is 5.91 Å². The van der Waals surface area contributed by atoms with Crippen LogP contribution >= 0.6 is 0 Å². The van der Waals surface area contributed by atoms with E-state index in [0.29, 0.717) is 6.07 Å². The van der Waals surface area contributed by atoms with E-state index in [2.05, 4.69) is 21.3 Å². The maximum atomic E-state index is 13.1. The van der Waals surface area contributed by atoms with Crippen molar-refractivity contribution in [3.8, 4) is 0 Å². The number of alkyl halides is 3. The summed E-state index contributed by atoms with van der Waals surface area (Å²) in [6.45, 7) is -0.587. The fraction of sp³-hybridized carbons (Fsp3) is 0.476. The summed E-state index contributed by atoms with van der Waals surface area (Å²) < 4.78 is 39.3. The number of imide groups is 1. The van der Waals surface area contributed by atoms with Crippen LogP contribution in [0.4, 0.5) is 13.2 Å². The van der Waals surface area contributed by atoms with Gasteiger partial charge < -0.3 is 36.4 Å². The molecule has 0 aliphatic carbocycles. The number of carbonyl (C=O) groups is 3. The Morgan fingerprint density at radius 2 is 1.84 bits per heavy atom.